The molecule has 0 saturated carbocycles. The van der Waals surface area contributed by atoms with Crippen LogP contribution in [0.1, 0.15) is 40.9 Å². The highest BCUT2D eigenvalue weighted by molar-refractivity contribution is 6.12. The fourth-order valence-electron chi connectivity index (χ4n) is 2.41. The summed E-state index contributed by atoms with van der Waals surface area (Å²) in [6, 6.07) is 11.2. The van der Waals surface area contributed by atoms with Crippen molar-refractivity contribution < 1.29 is 9.53 Å². The Kier molecular flexibility index (Phi) is 4.63. The van der Waals surface area contributed by atoms with Crippen molar-refractivity contribution >= 4 is 11.5 Å². The molecular formula is C18H21NO2. The van der Waals surface area contributed by atoms with E-state index in [9.17, 15) is 4.79 Å². The first-order chi connectivity index (χ1) is 10.1. The van der Waals surface area contributed by atoms with E-state index < -0.39 is 0 Å². The third-order valence-corrected chi connectivity index (χ3v) is 3.68. The molecule has 21 heavy (non-hydrogen) atoms. The highest BCUT2D eigenvalue weighted by Gasteiger charge is 2.18. The molecule has 0 aromatic heterocycles. The van der Waals surface area contributed by atoms with Gasteiger partial charge >= 0.3 is 0 Å². The van der Waals surface area contributed by atoms with E-state index in [1.165, 1.54) is 0 Å². The van der Waals surface area contributed by atoms with Crippen LogP contribution in [0.25, 0.3) is 0 Å². The Hall–Kier alpha value is -2.29. The second-order valence-corrected chi connectivity index (χ2v) is 4.99. The van der Waals surface area contributed by atoms with Gasteiger partial charge in [-0.25, -0.2) is 0 Å². The molecule has 110 valence electrons. The van der Waals surface area contributed by atoms with Crippen LogP contribution in [0.3, 0.4) is 0 Å². The van der Waals surface area contributed by atoms with Crippen LogP contribution in [-0.2, 0) is 12.8 Å². The molecule has 0 amide bonds. The maximum atomic E-state index is 12.9. The number of rotatable bonds is 5. The number of ether oxygens (including phenoxy) is 1. The summed E-state index contributed by atoms with van der Waals surface area (Å²) in [6.07, 6.45) is 1.72. The van der Waals surface area contributed by atoms with Gasteiger partial charge in [0, 0.05) is 11.3 Å². The number of nitrogen functional groups attached to an aromatic ring is 1. The molecule has 0 aliphatic rings. The number of hydrogen-bond acceptors (Lipinski definition) is 3. The van der Waals surface area contributed by atoms with Gasteiger partial charge in [-0.05, 0) is 48.2 Å². The molecule has 2 N–H and O–H groups in total. The molecule has 3 nitrogen and oxygen atoms in total. The van der Waals surface area contributed by atoms with Crippen LogP contribution < -0.4 is 10.5 Å². The van der Waals surface area contributed by atoms with Gasteiger partial charge < -0.3 is 10.5 Å². The smallest absolute Gasteiger partial charge is 0.197 e. The van der Waals surface area contributed by atoms with Gasteiger partial charge in [0.05, 0.1) is 12.7 Å². The Morgan fingerprint density at radius 3 is 2.43 bits per heavy atom. The van der Waals surface area contributed by atoms with E-state index in [1.807, 2.05) is 19.1 Å². The third-order valence-electron chi connectivity index (χ3n) is 3.68. The van der Waals surface area contributed by atoms with Crippen LogP contribution in [0.15, 0.2) is 36.4 Å². The number of carbonyl (C=O) groups is 1. The molecule has 2 aromatic carbocycles. The van der Waals surface area contributed by atoms with Crippen LogP contribution in [0.4, 0.5) is 5.69 Å². The highest BCUT2D eigenvalue weighted by Crippen LogP contribution is 2.26. The lowest BCUT2D eigenvalue weighted by molar-refractivity contribution is 0.103. The van der Waals surface area contributed by atoms with E-state index in [1.54, 1.807) is 25.3 Å². The highest BCUT2D eigenvalue weighted by atomic mass is 16.5. The minimum atomic E-state index is -0.0358. The summed E-state index contributed by atoms with van der Waals surface area (Å²) in [5.74, 6) is 0.518. The molecule has 0 spiro atoms. The van der Waals surface area contributed by atoms with Gasteiger partial charge in [-0.1, -0.05) is 26.0 Å². The van der Waals surface area contributed by atoms with Crippen molar-refractivity contribution in [2.75, 3.05) is 12.8 Å². The molecule has 0 saturated heterocycles. The van der Waals surface area contributed by atoms with Gasteiger partial charge in [-0.2, -0.15) is 0 Å². The Morgan fingerprint density at radius 2 is 1.81 bits per heavy atom. The van der Waals surface area contributed by atoms with E-state index in [0.29, 0.717) is 17.0 Å². The van der Waals surface area contributed by atoms with Crippen LogP contribution in [0.2, 0.25) is 0 Å². The predicted molar refractivity (Wildman–Crippen MR) is 86.0 cm³/mol. The zero-order valence-corrected chi connectivity index (χ0v) is 12.8. The topological polar surface area (TPSA) is 52.3 Å². The number of benzene rings is 2. The van der Waals surface area contributed by atoms with E-state index in [2.05, 4.69) is 13.0 Å². The Bertz CT molecular complexity index is 662. The van der Waals surface area contributed by atoms with Gasteiger partial charge in [0.2, 0.25) is 0 Å². The molecule has 0 heterocycles. The zero-order valence-electron chi connectivity index (χ0n) is 12.8. The summed E-state index contributed by atoms with van der Waals surface area (Å²) in [6.45, 7) is 4.13. The normalized spacial score (nSPS) is 10.4. The van der Waals surface area contributed by atoms with Crippen LogP contribution >= 0.6 is 0 Å². The molecule has 0 aliphatic heterocycles. The maximum Gasteiger partial charge on any atom is 0.197 e. The van der Waals surface area contributed by atoms with E-state index in [-0.39, 0.29) is 5.78 Å². The van der Waals surface area contributed by atoms with Crippen molar-refractivity contribution in [2.45, 2.75) is 26.7 Å². The second-order valence-electron chi connectivity index (χ2n) is 4.99. The average Bonchev–Trinajstić information content (AvgIpc) is 2.53. The van der Waals surface area contributed by atoms with Crippen molar-refractivity contribution in [3.63, 3.8) is 0 Å². The van der Waals surface area contributed by atoms with E-state index in [4.69, 9.17) is 10.5 Å². The Labute approximate surface area is 125 Å². The lowest BCUT2D eigenvalue weighted by Gasteiger charge is -2.12. The van der Waals surface area contributed by atoms with Gasteiger partial charge in [-0.3, -0.25) is 4.79 Å². The standard InChI is InChI=1S/C18H21NO2/c1-4-12-6-7-13(5-2)15(10-12)18(20)16-11-14(19)8-9-17(16)21-3/h6-11H,4-5,19H2,1-3H3. The third kappa shape index (κ3) is 3.07. The Morgan fingerprint density at radius 1 is 1.05 bits per heavy atom. The number of carbonyl (C=O) groups excluding carboxylic acids is 1. The summed E-state index contributed by atoms with van der Waals surface area (Å²) in [4.78, 5) is 12.9. The molecule has 0 atom stereocenters. The number of aryl methyl sites for hydroxylation is 2. The summed E-state index contributed by atoms with van der Waals surface area (Å²) in [5, 5.41) is 0. The van der Waals surface area contributed by atoms with Gasteiger partial charge in [0.1, 0.15) is 5.75 Å². The quantitative estimate of drug-likeness (QED) is 0.673. The number of nitrogens with two attached hydrogens (primary N) is 1. The first-order valence-electron chi connectivity index (χ1n) is 7.20. The van der Waals surface area contributed by atoms with Gasteiger partial charge in [0.15, 0.2) is 5.78 Å². The largest absolute Gasteiger partial charge is 0.496 e. The summed E-state index contributed by atoms with van der Waals surface area (Å²) >= 11 is 0. The van der Waals surface area contributed by atoms with Crippen molar-refractivity contribution in [1.29, 1.82) is 0 Å². The first-order valence-corrected chi connectivity index (χ1v) is 7.20. The summed E-state index contributed by atoms with van der Waals surface area (Å²) in [7, 11) is 1.56. The lowest BCUT2D eigenvalue weighted by Crippen LogP contribution is -2.08. The fourth-order valence-corrected chi connectivity index (χ4v) is 2.41. The van der Waals surface area contributed by atoms with Crippen molar-refractivity contribution in [2.24, 2.45) is 0 Å². The lowest BCUT2D eigenvalue weighted by atomic mass is 9.94. The minimum absolute atomic E-state index is 0.0358. The van der Waals surface area contributed by atoms with Gasteiger partial charge in [0.25, 0.3) is 0 Å². The van der Waals surface area contributed by atoms with E-state index >= 15 is 0 Å². The SMILES string of the molecule is CCc1ccc(CC)c(C(=O)c2cc(N)ccc2OC)c1. The molecule has 0 bridgehead atoms. The molecule has 0 unspecified atom stereocenters. The van der Waals surface area contributed by atoms with E-state index in [0.717, 1.165) is 29.5 Å². The first kappa shape index (κ1) is 15.1. The zero-order chi connectivity index (χ0) is 15.4. The molecule has 3 heteroatoms. The molecule has 2 rings (SSSR count). The van der Waals surface area contributed by atoms with Crippen LogP contribution in [0.5, 0.6) is 5.75 Å². The molecule has 0 fully saturated rings. The predicted octanol–water partition coefficient (Wildman–Crippen LogP) is 3.63. The molecule has 0 radical (unpaired) electrons. The number of hydrogen-bond donors (Lipinski definition) is 1. The van der Waals surface area contributed by atoms with Crippen LogP contribution in [-0.4, -0.2) is 12.9 Å². The number of ketones is 1. The minimum Gasteiger partial charge on any atom is -0.496 e. The van der Waals surface area contributed by atoms with Gasteiger partial charge in [-0.15, -0.1) is 0 Å². The fraction of sp³-hybridized carbons (Fsp3) is 0.278. The monoisotopic (exact) mass is 283 g/mol. The number of anilines is 1. The molecule has 0 aliphatic carbocycles. The molecule has 2 aromatic rings. The van der Waals surface area contributed by atoms with Crippen molar-refractivity contribution in [1.82, 2.24) is 0 Å². The summed E-state index contributed by atoms with van der Waals surface area (Å²) < 4.78 is 5.30. The Balaban J connectivity index is 2.56. The summed E-state index contributed by atoms with van der Waals surface area (Å²) in [5.41, 5.74) is 9.82. The van der Waals surface area contributed by atoms with Crippen molar-refractivity contribution in [3.05, 3.63) is 58.7 Å². The maximum absolute atomic E-state index is 12.9. The van der Waals surface area contributed by atoms with Crippen LogP contribution in [0, 0.1) is 0 Å². The average molecular weight is 283 g/mol. The molecular weight excluding hydrogens is 262 g/mol. The second kappa shape index (κ2) is 6.44. The number of methoxy groups -OCH3 is 1. The van der Waals surface area contributed by atoms with Crippen molar-refractivity contribution in [3.8, 4) is 5.75 Å².